The highest BCUT2D eigenvalue weighted by Crippen LogP contribution is 2.25. The molecule has 1 amide bonds. The van der Waals surface area contributed by atoms with E-state index < -0.39 is 5.91 Å². The Bertz CT molecular complexity index is 487. The van der Waals surface area contributed by atoms with Crippen molar-refractivity contribution < 1.29 is 13.9 Å². The van der Waals surface area contributed by atoms with Crippen LogP contribution in [0.15, 0.2) is 28.7 Å². The van der Waals surface area contributed by atoms with Gasteiger partial charge in [0.2, 0.25) is 5.91 Å². The minimum atomic E-state index is -0.452. The molecule has 0 spiro atoms. The van der Waals surface area contributed by atoms with Gasteiger partial charge >= 0.3 is 0 Å². The number of carbonyl (C=O) groups is 1. The number of hydrogen-bond donors (Lipinski definition) is 1. The van der Waals surface area contributed by atoms with Gasteiger partial charge in [-0.2, -0.15) is 0 Å². The second-order valence-electron chi connectivity index (χ2n) is 2.89. The Hall–Kier alpha value is -1.97. The molecular weight excluding hydrogens is 182 g/mol. The summed E-state index contributed by atoms with van der Waals surface area (Å²) in [5.41, 5.74) is 6.28. The molecule has 0 radical (unpaired) electrons. The molecule has 0 aliphatic carbocycles. The highest BCUT2D eigenvalue weighted by Gasteiger charge is 2.06. The van der Waals surface area contributed by atoms with Gasteiger partial charge in [0.25, 0.3) is 5.95 Å². The quantitative estimate of drug-likeness (QED) is 0.782. The van der Waals surface area contributed by atoms with Gasteiger partial charge in [0.1, 0.15) is 5.58 Å². The van der Waals surface area contributed by atoms with Gasteiger partial charge in [-0.25, -0.2) is 0 Å². The summed E-state index contributed by atoms with van der Waals surface area (Å²) < 4.78 is 10.2. The summed E-state index contributed by atoms with van der Waals surface area (Å²) in [4.78, 5) is 10.9. The van der Waals surface area contributed by atoms with E-state index in [1.807, 2.05) is 0 Å². The molecule has 14 heavy (non-hydrogen) atoms. The van der Waals surface area contributed by atoms with Crippen molar-refractivity contribution in [3.63, 3.8) is 0 Å². The molecule has 1 heterocycles. The van der Waals surface area contributed by atoms with E-state index in [9.17, 15) is 4.79 Å². The number of nitrogens with two attached hydrogens (primary N) is 1. The van der Waals surface area contributed by atoms with Crippen molar-refractivity contribution in [1.82, 2.24) is 0 Å². The van der Waals surface area contributed by atoms with Crippen molar-refractivity contribution in [1.29, 1.82) is 0 Å². The molecule has 4 nitrogen and oxygen atoms in total. The predicted octanol–water partition coefficient (Wildman–Crippen LogP) is 1.54. The Morgan fingerprint density at radius 2 is 2.21 bits per heavy atom. The SMILES string of the molecule is COc1cc2cc(C(N)=O)ccc2o1. The first-order chi connectivity index (χ1) is 6.70. The Balaban J connectivity index is 2.59. The number of hydrogen-bond acceptors (Lipinski definition) is 3. The number of rotatable bonds is 2. The van der Waals surface area contributed by atoms with E-state index in [4.69, 9.17) is 14.9 Å². The van der Waals surface area contributed by atoms with Crippen LogP contribution in [0.4, 0.5) is 0 Å². The number of ether oxygens (including phenoxy) is 1. The molecule has 2 aromatic rings. The van der Waals surface area contributed by atoms with Crippen molar-refractivity contribution in [3.8, 4) is 5.95 Å². The maximum atomic E-state index is 10.9. The molecule has 1 aromatic carbocycles. The van der Waals surface area contributed by atoms with Crippen LogP contribution in [0.2, 0.25) is 0 Å². The maximum absolute atomic E-state index is 10.9. The highest BCUT2D eigenvalue weighted by atomic mass is 16.6. The summed E-state index contributed by atoms with van der Waals surface area (Å²) in [6.07, 6.45) is 0. The molecule has 0 atom stereocenters. The van der Waals surface area contributed by atoms with Crippen LogP contribution < -0.4 is 10.5 Å². The number of carbonyl (C=O) groups excluding carboxylic acids is 1. The lowest BCUT2D eigenvalue weighted by Gasteiger charge is -1.93. The van der Waals surface area contributed by atoms with Gasteiger partial charge < -0.3 is 14.9 Å². The summed E-state index contributed by atoms with van der Waals surface area (Å²) in [6.45, 7) is 0. The maximum Gasteiger partial charge on any atom is 0.285 e. The summed E-state index contributed by atoms with van der Waals surface area (Å²) in [5, 5.41) is 0.804. The van der Waals surface area contributed by atoms with Gasteiger partial charge in [0, 0.05) is 17.0 Å². The van der Waals surface area contributed by atoms with E-state index in [-0.39, 0.29) is 0 Å². The van der Waals surface area contributed by atoms with Gasteiger partial charge in [0.15, 0.2) is 0 Å². The minimum absolute atomic E-state index is 0.418. The zero-order chi connectivity index (χ0) is 10.1. The molecule has 2 N–H and O–H groups in total. The summed E-state index contributed by atoms with van der Waals surface area (Å²) in [5.74, 6) is -0.0336. The van der Waals surface area contributed by atoms with Gasteiger partial charge in [-0.1, -0.05) is 0 Å². The smallest absolute Gasteiger partial charge is 0.285 e. The Kier molecular flexibility index (Phi) is 1.89. The topological polar surface area (TPSA) is 65.5 Å². The van der Waals surface area contributed by atoms with Crippen molar-refractivity contribution in [2.24, 2.45) is 5.73 Å². The second-order valence-corrected chi connectivity index (χ2v) is 2.89. The average molecular weight is 191 g/mol. The van der Waals surface area contributed by atoms with Gasteiger partial charge in [-0.3, -0.25) is 4.79 Å². The van der Waals surface area contributed by atoms with E-state index in [2.05, 4.69) is 0 Å². The van der Waals surface area contributed by atoms with E-state index in [0.717, 1.165) is 5.39 Å². The van der Waals surface area contributed by atoms with Crippen molar-refractivity contribution in [2.45, 2.75) is 0 Å². The first-order valence-electron chi connectivity index (χ1n) is 4.08. The molecule has 0 aliphatic heterocycles. The van der Waals surface area contributed by atoms with Crippen LogP contribution in [0.3, 0.4) is 0 Å². The van der Waals surface area contributed by atoms with Crippen LogP contribution in [-0.4, -0.2) is 13.0 Å². The predicted molar refractivity (Wildman–Crippen MR) is 51.3 cm³/mol. The molecule has 0 fully saturated rings. The largest absolute Gasteiger partial charge is 0.468 e. The lowest BCUT2D eigenvalue weighted by atomic mass is 10.1. The fourth-order valence-corrected chi connectivity index (χ4v) is 1.27. The van der Waals surface area contributed by atoms with Crippen LogP contribution in [-0.2, 0) is 0 Å². The van der Waals surface area contributed by atoms with Gasteiger partial charge in [-0.15, -0.1) is 0 Å². The molecule has 4 heteroatoms. The fraction of sp³-hybridized carbons (Fsp3) is 0.100. The third kappa shape index (κ3) is 1.31. The molecule has 1 aromatic heterocycles. The second kappa shape index (κ2) is 3.06. The molecule has 2 rings (SSSR count). The zero-order valence-electron chi connectivity index (χ0n) is 7.61. The Morgan fingerprint density at radius 1 is 1.43 bits per heavy atom. The van der Waals surface area contributed by atoms with Crippen molar-refractivity contribution in [3.05, 3.63) is 29.8 Å². The Labute approximate surface area is 80.3 Å². The standard InChI is InChI=1S/C10H9NO3/c1-13-9-5-7-4-6(10(11)12)2-3-8(7)14-9/h2-5H,1H3,(H2,11,12). The van der Waals surface area contributed by atoms with Crippen LogP contribution in [0, 0.1) is 0 Å². The van der Waals surface area contributed by atoms with Crippen LogP contribution in [0.1, 0.15) is 10.4 Å². The van der Waals surface area contributed by atoms with Gasteiger partial charge in [-0.05, 0) is 18.2 Å². The Morgan fingerprint density at radius 3 is 2.86 bits per heavy atom. The zero-order valence-corrected chi connectivity index (χ0v) is 7.61. The average Bonchev–Trinajstić information content (AvgIpc) is 2.58. The monoisotopic (exact) mass is 191 g/mol. The van der Waals surface area contributed by atoms with Gasteiger partial charge in [0.05, 0.1) is 7.11 Å². The summed E-state index contributed by atoms with van der Waals surface area (Å²) in [6, 6.07) is 6.69. The lowest BCUT2D eigenvalue weighted by molar-refractivity contribution is 0.100. The molecular formula is C10H9NO3. The third-order valence-corrected chi connectivity index (χ3v) is 1.98. The molecule has 0 bridgehead atoms. The van der Waals surface area contributed by atoms with E-state index >= 15 is 0 Å². The molecule has 0 saturated heterocycles. The first kappa shape index (κ1) is 8.62. The highest BCUT2D eigenvalue weighted by molar-refractivity contribution is 5.96. The third-order valence-electron chi connectivity index (χ3n) is 1.98. The van der Waals surface area contributed by atoms with E-state index in [1.165, 1.54) is 7.11 Å². The summed E-state index contributed by atoms with van der Waals surface area (Å²) in [7, 11) is 1.52. The number of primary amides is 1. The number of furan rings is 1. The van der Waals surface area contributed by atoms with E-state index in [0.29, 0.717) is 17.1 Å². The lowest BCUT2D eigenvalue weighted by Crippen LogP contribution is -2.10. The van der Waals surface area contributed by atoms with Crippen molar-refractivity contribution in [2.75, 3.05) is 7.11 Å². The fourth-order valence-electron chi connectivity index (χ4n) is 1.27. The number of fused-ring (bicyclic) bond motifs is 1. The minimum Gasteiger partial charge on any atom is -0.468 e. The normalized spacial score (nSPS) is 10.4. The van der Waals surface area contributed by atoms with E-state index in [1.54, 1.807) is 24.3 Å². The first-order valence-corrected chi connectivity index (χ1v) is 4.08. The van der Waals surface area contributed by atoms with Crippen LogP contribution >= 0.6 is 0 Å². The number of amides is 1. The summed E-state index contributed by atoms with van der Waals surface area (Å²) >= 11 is 0. The number of methoxy groups -OCH3 is 1. The van der Waals surface area contributed by atoms with Crippen molar-refractivity contribution >= 4 is 16.9 Å². The molecule has 0 saturated carbocycles. The number of benzene rings is 1. The van der Waals surface area contributed by atoms with Crippen LogP contribution in [0.5, 0.6) is 5.95 Å². The molecule has 0 unspecified atom stereocenters. The molecule has 72 valence electrons. The molecule has 0 aliphatic rings. The van der Waals surface area contributed by atoms with Crippen LogP contribution in [0.25, 0.3) is 11.0 Å².